The molecule has 6 nitrogen and oxygen atoms in total. The van der Waals surface area contributed by atoms with Crippen molar-refractivity contribution in [1.82, 2.24) is 4.90 Å². The highest BCUT2D eigenvalue weighted by Gasteiger charge is 2.43. The number of amides is 2. The molecule has 0 bridgehead atoms. The molecule has 1 aromatic carbocycles. The molecule has 0 aromatic heterocycles. The lowest BCUT2D eigenvalue weighted by molar-refractivity contribution is -0.151. The van der Waals surface area contributed by atoms with Gasteiger partial charge in [0.15, 0.2) is 6.10 Å². The number of rotatable bonds is 5. The van der Waals surface area contributed by atoms with Gasteiger partial charge in [-0.15, -0.1) is 0 Å². The first-order valence-electron chi connectivity index (χ1n) is 7.43. The van der Waals surface area contributed by atoms with Crippen molar-refractivity contribution in [2.75, 3.05) is 0 Å². The molecule has 1 aliphatic rings. The van der Waals surface area contributed by atoms with Gasteiger partial charge in [-0.1, -0.05) is 26.0 Å². The largest absolute Gasteiger partial charge is 0.446 e. The van der Waals surface area contributed by atoms with Crippen LogP contribution in [0, 0.1) is 17.2 Å². The Kier molecular flexibility index (Phi) is 4.80. The Morgan fingerprint density at radius 3 is 2.13 bits per heavy atom. The average Bonchev–Trinajstić information content (AvgIpc) is 2.77. The summed E-state index contributed by atoms with van der Waals surface area (Å²) in [6, 6.07) is 7.23. The molecule has 0 aliphatic carbocycles. The van der Waals surface area contributed by atoms with E-state index in [0.717, 1.165) is 4.90 Å². The quantitative estimate of drug-likeness (QED) is 0.614. The fraction of sp³-hybridized carbons (Fsp3) is 0.412. The predicted octanol–water partition coefficient (Wildman–Crippen LogP) is 2.15. The van der Waals surface area contributed by atoms with Crippen LogP contribution in [-0.4, -0.2) is 34.8 Å². The molecule has 120 valence electrons. The van der Waals surface area contributed by atoms with Crippen LogP contribution >= 0.6 is 0 Å². The van der Waals surface area contributed by atoms with Crippen molar-refractivity contribution in [3.63, 3.8) is 0 Å². The molecule has 2 amide bonds. The van der Waals surface area contributed by atoms with Crippen LogP contribution < -0.4 is 0 Å². The number of fused-ring (bicyclic) bond motifs is 1. The van der Waals surface area contributed by atoms with E-state index in [1.54, 1.807) is 30.3 Å². The van der Waals surface area contributed by atoms with Crippen LogP contribution in [0.25, 0.3) is 0 Å². The lowest BCUT2D eigenvalue weighted by Crippen LogP contribution is -2.47. The van der Waals surface area contributed by atoms with Gasteiger partial charge < -0.3 is 4.74 Å². The molecule has 2 rings (SSSR count). The standard InChI is InChI=1S/C17H18N2O4/c1-10(2)8-14(17(22)23-11(3)9-18)19-15(20)12-6-4-5-7-13(12)16(19)21/h4-7,10-11,14H,8H2,1-3H3/t11-,14-/m0/s1. The normalized spacial score (nSPS) is 16.0. The number of benzene rings is 1. The lowest BCUT2D eigenvalue weighted by Gasteiger charge is -2.26. The summed E-state index contributed by atoms with van der Waals surface area (Å²) in [5.74, 6) is -1.67. The Hall–Kier alpha value is -2.68. The van der Waals surface area contributed by atoms with E-state index in [0.29, 0.717) is 0 Å². The number of carbonyl (C=O) groups is 3. The zero-order valence-electron chi connectivity index (χ0n) is 13.3. The summed E-state index contributed by atoms with van der Waals surface area (Å²) in [7, 11) is 0. The van der Waals surface area contributed by atoms with E-state index in [2.05, 4.69) is 0 Å². The minimum Gasteiger partial charge on any atom is -0.446 e. The fourth-order valence-electron chi connectivity index (χ4n) is 2.52. The second-order valence-electron chi connectivity index (χ2n) is 5.88. The third-order valence-corrected chi connectivity index (χ3v) is 3.58. The molecule has 2 atom stereocenters. The van der Waals surface area contributed by atoms with E-state index >= 15 is 0 Å². The van der Waals surface area contributed by atoms with Gasteiger partial charge in [-0.25, -0.2) is 4.79 Å². The number of carbonyl (C=O) groups excluding carboxylic acids is 3. The number of ether oxygens (including phenoxy) is 1. The maximum atomic E-state index is 12.5. The van der Waals surface area contributed by atoms with Crippen LogP contribution in [0.15, 0.2) is 24.3 Å². The predicted molar refractivity (Wildman–Crippen MR) is 81.4 cm³/mol. The van der Waals surface area contributed by atoms with Crippen molar-refractivity contribution in [2.45, 2.75) is 39.3 Å². The van der Waals surface area contributed by atoms with Crippen LogP contribution in [0.5, 0.6) is 0 Å². The summed E-state index contributed by atoms with van der Waals surface area (Å²) in [5, 5.41) is 8.78. The molecular weight excluding hydrogens is 296 g/mol. The fourth-order valence-corrected chi connectivity index (χ4v) is 2.52. The second kappa shape index (κ2) is 6.61. The highest BCUT2D eigenvalue weighted by molar-refractivity contribution is 6.22. The molecule has 0 spiro atoms. The maximum Gasteiger partial charge on any atom is 0.330 e. The van der Waals surface area contributed by atoms with Gasteiger partial charge in [-0.2, -0.15) is 5.26 Å². The van der Waals surface area contributed by atoms with Crippen molar-refractivity contribution in [3.8, 4) is 6.07 Å². The van der Waals surface area contributed by atoms with Crippen LogP contribution in [0.3, 0.4) is 0 Å². The van der Waals surface area contributed by atoms with Gasteiger partial charge >= 0.3 is 5.97 Å². The van der Waals surface area contributed by atoms with Gasteiger partial charge in [0.05, 0.1) is 11.1 Å². The average molecular weight is 314 g/mol. The Morgan fingerprint density at radius 2 is 1.70 bits per heavy atom. The number of hydrogen-bond donors (Lipinski definition) is 0. The van der Waals surface area contributed by atoms with Gasteiger partial charge in [-0.3, -0.25) is 14.5 Å². The van der Waals surface area contributed by atoms with Crippen LogP contribution in [0.4, 0.5) is 0 Å². The molecule has 6 heteroatoms. The van der Waals surface area contributed by atoms with Crippen LogP contribution in [-0.2, 0) is 9.53 Å². The van der Waals surface area contributed by atoms with Gasteiger partial charge in [0.25, 0.3) is 11.8 Å². The van der Waals surface area contributed by atoms with Gasteiger partial charge in [-0.05, 0) is 31.4 Å². The molecule has 1 aromatic rings. The minimum atomic E-state index is -1.03. The van der Waals surface area contributed by atoms with E-state index in [9.17, 15) is 14.4 Å². The number of nitriles is 1. The molecular formula is C17H18N2O4. The summed E-state index contributed by atoms with van der Waals surface area (Å²) in [6.45, 7) is 5.20. The molecule has 0 saturated carbocycles. The number of nitrogens with zero attached hydrogens (tertiary/aromatic N) is 2. The first-order valence-corrected chi connectivity index (χ1v) is 7.43. The zero-order valence-corrected chi connectivity index (χ0v) is 13.3. The first-order chi connectivity index (χ1) is 10.9. The minimum absolute atomic E-state index is 0.0641. The Morgan fingerprint density at radius 1 is 1.17 bits per heavy atom. The van der Waals surface area contributed by atoms with Crippen molar-refractivity contribution < 1.29 is 19.1 Å². The second-order valence-corrected chi connectivity index (χ2v) is 5.88. The number of hydrogen-bond acceptors (Lipinski definition) is 5. The van der Waals surface area contributed by atoms with Crippen molar-refractivity contribution >= 4 is 17.8 Å². The lowest BCUT2D eigenvalue weighted by atomic mass is 10.0. The molecule has 23 heavy (non-hydrogen) atoms. The van der Waals surface area contributed by atoms with Crippen molar-refractivity contribution in [2.24, 2.45) is 5.92 Å². The smallest absolute Gasteiger partial charge is 0.330 e. The molecule has 1 aliphatic heterocycles. The summed E-state index contributed by atoms with van der Waals surface area (Å²) < 4.78 is 5.02. The van der Waals surface area contributed by atoms with Crippen molar-refractivity contribution in [3.05, 3.63) is 35.4 Å². The third-order valence-electron chi connectivity index (χ3n) is 3.58. The summed E-state index contributed by atoms with van der Waals surface area (Å²) in [6.07, 6.45) is -0.657. The topological polar surface area (TPSA) is 87.5 Å². The van der Waals surface area contributed by atoms with E-state index in [-0.39, 0.29) is 23.5 Å². The zero-order chi connectivity index (χ0) is 17.1. The van der Waals surface area contributed by atoms with Gasteiger partial charge in [0, 0.05) is 0 Å². The monoisotopic (exact) mass is 314 g/mol. The summed E-state index contributed by atoms with van der Waals surface area (Å²) >= 11 is 0. The summed E-state index contributed by atoms with van der Waals surface area (Å²) in [4.78, 5) is 38.4. The Balaban J connectivity index is 2.34. The molecule has 0 radical (unpaired) electrons. The molecule has 0 saturated heterocycles. The molecule has 0 N–H and O–H groups in total. The summed E-state index contributed by atoms with van der Waals surface area (Å²) in [5.41, 5.74) is 0.569. The van der Waals surface area contributed by atoms with E-state index < -0.39 is 29.9 Å². The van der Waals surface area contributed by atoms with E-state index in [1.165, 1.54) is 6.92 Å². The van der Waals surface area contributed by atoms with Crippen LogP contribution in [0.2, 0.25) is 0 Å². The highest BCUT2D eigenvalue weighted by atomic mass is 16.5. The number of esters is 1. The molecule has 0 fully saturated rings. The van der Waals surface area contributed by atoms with Gasteiger partial charge in [0.2, 0.25) is 0 Å². The Labute approximate surface area is 134 Å². The van der Waals surface area contributed by atoms with E-state index in [1.807, 2.05) is 13.8 Å². The SMILES string of the molecule is CC(C)C[C@@H](C(=O)O[C@@H](C)C#N)N1C(=O)c2ccccc2C1=O. The van der Waals surface area contributed by atoms with Gasteiger partial charge in [0.1, 0.15) is 12.1 Å². The Bertz CT molecular complexity index is 655. The van der Waals surface area contributed by atoms with Crippen LogP contribution in [0.1, 0.15) is 47.9 Å². The maximum absolute atomic E-state index is 12.5. The number of imide groups is 1. The highest BCUT2D eigenvalue weighted by Crippen LogP contribution is 2.27. The first kappa shape index (κ1) is 16.7. The van der Waals surface area contributed by atoms with Crippen molar-refractivity contribution in [1.29, 1.82) is 5.26 Å². The third kappa shape index (κ3) is 3.24. The molecule has 1 heterocycles. The van der Waals surface area contributed by atoms with E-state index in [4.69, 9.17) is 10.00 Å². The molecule has 0 unspecified atom stereocenters.